The summed E-state index contributed by atoms with van der Waals surface area (Å²) in [5.74, 6) is 0.651. The standard InChI is InChI=1S/C15H24N2O2S/c1-4-13-5-7-17(8-6-13)20(18,19)15-10-12(3)11(2)9-14(15)16/h9-10,13H,4-8,16H2,1-3H3. The number of hydrogen-bond donors (Lipinski definition) is 1. The summed E-state index contributed by atoms with van der Waals surface area (Å²) in [4.78, 5) is 0.260. The van der Waals surface area contributed by atoms with Gasteiger partial charge < -0.3 is 5.73 Å². The molecule has 112 valence electrons. The third-order valence-electron chi connectivity index (χ3n) is 4.39. The van der Waals surface area contributed by atoms with E-state index in [1.54, 1.807) is 16.4 Å². The van der Waals surface area contributed by atoms with Crippen molar-refractivity contribution in [3.05, 3.63) is 23.3 Å². The fourth-order valence-corrected chi connectivity index (χ4v) is 4.38. The van der Waals surface area contributed by atoms with Crippen molar-refractivity contribution in [2.24, 2.45) is 5.92 Å². The van der Waals surface area contributed by atoms with Crippen LogP contribution in [0.25, 0.3) is 0 Å². The quantitative estimate of drug-likeness (QED) is 0.872. The molecule has 0 aliphatic carbocycles. The summed E-state index contributed by atoms with van der Waals surface area (Å²) in [5.41, 5.74) is 8.26. The predicted octanol–water partition coefficient (Wildman–Crippen LogP) is 2.70. The number of piperidine rings is 1. The van der Waals surface area contributed by atoms with Crippen LogP contribution in [0.5, 0.6) is 0 Å². The number of aryl methyl sites for hydroxylation is 2. The monoisotopic (exact) mass is 296 g/mol. The smallest absolute Gasteiger partial charge is 0.245 e. The summed E-state index contributed by atoms with van der Waals surface area (Å²) >= 11 is 0. The summed E-state index contributed by atoms with van der Waals surface area (Å²) in [7, 11) is -3.46. The highest BCUT2D eigenvalue weighted by atomic mass is 32.2. The van der Waals surface area contributed by atoms with Gasteiger partial charge >= 0.3 is 0 Å². The Morgan fingerprint density at radius 3 is 2.30 bits per heavy atom. The molecular formula is C15H24N2O2S. The number of nitrogens with two attached hydrogens (primary N) is 1. The molecule has 1 heterocycles. The van der Waals surface area contributed by atoms with Crippen LogP contribution >= 0.6 is 0 Å². The van der Waals surface area contributed by atoms with Crippen molar-refractivity contribution in [3.8, 4) is 0 Å². The molecule has 0 atom stereocenters. The van der Waals surface area contributed by atoms with E-state index in [0.717, 1.165) is 30.4 Å². The summed E-state index contributed by atoms with van der Waals surface area (Å²) in [5, 5.41) is 0. The normalized spacial score (nSPS) is 18.4. The average molecular weight is 296 g/mol. The van der Waals surface area contributed by atoms with Crippen LogP contribution in [0.2, 0.25) is 0 Å². The van der Waals surface area contributed by atoms with Gasteiger partial charge in [0, 0.05) is 13.1 Å². The molecule has 20 heavy (non-hydrogen) atoms. The highest BCUT2D eigenvalue weighted by Crippen LogP contribution is 2.29. The molecule has 2 N–H and O–H groups in total. The van der Waals surface area contributed by atoms with Gasteiger partial charge in [0.05, 0.1) is 5.69 Å². The average Bonchev–Trinajstić information content (AvgIpc) is 2.42. The number of benzene rings is 1. The van der Waals surface area contributed by atoms with Gasteiger partial charge in [-0.1, -0.05) is 13.3 Å². The maximum Gasteiger partial charge on any atom is 0.245 e. The van der Waals surface area contributed by atoms with Gasteiger partial charge in [-0.3, -0.25) is 0 Å². The van der Waals surface area contributed by atoms with Gasteiger partial charge in [0.2, 0.25) is 10.0 Å². The SMILES string of the molecule is CCC1CCN(S(=O)(=O)c2cc(C)c(C)cc2N)CC1. The van der Waals surface area contributed by atoms with E-state index in [0.29, 0.717) is 24.7 Å². The minimum absolute atomic E-state index is 0.260. The second-order valence-electron chi connectivity index (χ2n) is 5.73. The van der Waals surface area contributed by atoms with Gasteiger partial charge in [0.15, 0.2) is 0 Å². The van der Waals surface area contributed by atoms with E-state index in [1.165, 1.54) is 0 Å². The molecule has 4 nitrogen and oxygen atoms in total. The molecule has 1 aliphatic rings. The zero-order valence-electron chi connectivity index (χ0n) is 12.5. The molecule has 0 radical (unpaired) electrons. The highest BCUT2D eigenvalue weighted by molar-refractivity contribution is 7.89. The summed E-state index contributed by atoms with van der Waals surface area (Å²) in [6, 6.07) is 3.45. The zero-order valence-corrected chi connectivity index (χ0v) is 13.3. The lowest BCUT2D eigenvalue weighted by molar-refractivity contribution is 0.269. The Morgan fingerprint density at radius 2 is 1.75 bits per heavy atom. The van der Waals surface area contributed by atoms with Gasteiger partial charge in [-0.15, -0.1) is 0 Å². The van der Waals surface area contributed by atoms with Crippen molar-refractivity contribution in [1.29, 1.82) is 0 Å². The second-order valence-corrected chi connectivity index (χ2v) is 7.64. The first kappa shape index (κ1) is 15.3. The van der Waals surface area contributed by atoms with Crippen LogP contribution < -0.4 is 5.73 Å². The third-order valence-corrected chi connectivity index (χ3v) is 6.35. The van der Waals surface area contributed by atoms with Gasteiger partial charge in [-0.2, -0.15) is 4.31 Å². The maximum absolute atomic E-state index is 12.7. The van der Waals surface area contributed by atoms with Crippen LogP contribution in [0.15, 0.2) is 17.0 Å². The summed E-state index contributed by atoms with van der Waals surface area (Å²) in [6.45, 7) is 7.22. The third kappa shape index (κ3) is 2.83. The number of nitrogens with zero attached hydrogens (tertiary/aromatic N) is 1. The zero-order chi connectivity index (χ0) is 14.9. The molecule has 1 aromatic rings. The number of rotatable bonds is 3. The Morgan fingerprint density at radius 1 is 1.20 bits per heavy atom. The van der Waals surface area contributed by atoms with Crippen molar-refractivity contribution in [1.82, 2.24) is 4.31 Å². The van der Waals surface area contributed by atoms with Crippen LogP contribution in [0, 0.1) is 19.8 Å². The van der Waals surface area contributed by atoms with E-state index >= 15 is 0 Å². The van der Waals surface area contributed by atoms with Crippen LogP contribution in [0.3, 0.4) is 0 Å². The van der Waals surface area contributed by atoms with Crippen LogP contribution in [0.4, 0.5) is 5.69 Å². The highest BCUT2D eigenvalue weighted by Gasteiger charge is 2.30. The molecule has 5 heteroatoms. The van der Waals surface area contributed by atoms with Gasteiger partial charge in [0.25, 0.3) is 0 Å². The van der Waals surface area contributed by atoms with Crippen LogP contribution in [-0.2, 0) is 10.0 Å². The molecule has 0 bridgehead atoms. The Kier molecular flexibility index (Phi) is 4.39. The van der Waals surface area contributed by atoms with E-state index in [4.69, 9.17) is 5.73 Å². The molecule has 0 spiro atoms. The fraction of sp³-hybridized carbons (Fsp3) is 0.600. The molecular weight excluding hydrogens is 272 g/mol. The Labute approximate surface area is 122 Å². The Bertz CT molecular complexity index is 588. The molecule has 2 rings (SSSR count). The van der Waals surface area contributed by atoms with Crippen molar-refractivity contribution in [3.63, 3.8) is 0 Å². The molecule has 0 unspecified atom stereocenters. The molecule has 1 saturated heterocycles. The van der Waals surface area contributed by atoms with E-state index in [-0.39, 0.29) is 4.90 Å². The largest absolute Gasteiger partial charge is 0.398 e. The fourth-order valence-electron chi connectivity index (χ4n) is 2.73. The molecule has 1 aromatic carbocycles. The number of sulfonamides is 1. The van der Waals surface area contributed by atoms with Crippen molar-refractivity contribution >= 4 is 15.7 Å². The Balaban J connectivity index is 2.30. The van der Waals surface area contributed by atoms with Crippen molar-refractivity contribution < 1.29 is 8.42 Å². The molecule has 1 aliphatic heterocycles. The van der Waals surface area contributed by atoms with Gasteiger partial charge in [-0.05, 0) is 55.9 Å². The molecule has 1 fully saturated rings. The van der Waals surface area contributed by atoms with Crippen molar-refractivity contribution in [2.45, 2.75) is 44.9 Å². The lowest BCUT2D eigenvalue weighted by Gasteiger charge is -2.31. The lowest BCUT2D eigenvalue weighted by Crippen LogP contribution is -2.38. The second kappa shape index (κ2) is 5.74. The van der Waals surface area contributed by atoms with Gasteiger partial charge in [0.1, 0.15) is 4.90 Å². The first-order chi connectivity index (χ1) is 9.36. The first-order valence-corrected chi connectivity index (χ1v) is 8.67. The van der Waals surface area contributed by atoms with E-state index < -0.39 is 10.0 Å². The number of hydrogen-bond acceptors (Lipinski definition) is 3. The lowest BCUT2D eigenvalue weighted by atomic mass is 9.96. The molecule has 0 amide bonds. The van der Waals surface area contributed by atoms with E-state index in [1.807, 2.05) is 13.8 Å². The minimum Gasteiger partial charge on any atom is -0.398 e. The van der Waals surface area contributed by atoms with Crippen LogP contribution in [-0.4, -0.2) is 25.8 Å². The van der Waals surface area contributed by atoms with Gasteiger partial charge in [-0.25, -0.2) is 8.42 Å². The summed E-state index contributed by atoms with van der Waals surface area (Å²) < 4.78 is 27.0. The summed E-state index contributed by atoms with van der Waals surface area (Å²) in [6.07, 6.45) is 3.01. The minimum atomic E-state index is -3.46. The topological polar surface area (TPSA) is 63.4 Å². The number of anilines is 1. The van der Waals surface area contributed by atoms with E-state index in [9.17, 15) is 8.42 Å². The molecule has 0 aromatic heterocycles. The predicted molar refractivity (Wildman–Crippen MR) is 82.1 cm³/mol. The maximum atomic E-state index is 12.7. The first-order valence-electron chi connectivity index (χ1n) is 7.23. The van der Waals surface area contributed by atoms with Crippen molar-refractivity contribution in [2.75, 3.05) is 18.8 Å². The Hall–Kier alpha value is -1.07. The van der Waals surface area contributed by atoms with E-state index in [2.05, 4.69) is 6.92 Å². The van der Waals surface area contributed by atoms with Crippen LogP contribution in [0.1, 0.15) is 37.3 Å². The number of nitrogen functional groups attached to an aromatic ring is 1. The molecule has 0 saturated carbocycles.